The number of rotatable bonds is 4. The molecule has 3 heteroatoms. The molecule has 92 valence electrons. The van der Waals surface area contributed by atoms with Crippen molar-refractivity contribution < 1.29 is 9.53 Å². The summed E-state index contributed by atoms with van der Waals surface area (Å²) < 4.78 is 5.38. The summed E-state index contributed by atoms with van der Waals surface area (Å²) in [6, 6.07) is 9.25. The quantitative estimate of drug-likeness (QED) is 0.810. The van der Waals surface area contributed by atoms with Crippen LogP contribution in [0.25, 0.3) is 0 Å². The zero-order valence-electron chi connectivity index (χ0n) is 9.97. The second-order valence-electron chi connectivity index (χ2n) is 4.64. The number of hydrogen-bond acceptors (Lipinski definition) is 3. The lowest BCUT2D eigenvalue weighted by Gasteiger charge is -2.15. The Kier molecular flexibility index (Phi) is 4.15. The highest BCUT2D eigenvalue weighted by atomic mass is 16.5. The maximum absolute atomic E-state index is 11.8. The molecule has 0 heterocycles. The number of benzene rings is 1. The normalized spacial score (nSPS) is 17.9. The van der Waals surface area contributed by atoms with E-state index in [0.717, 1.165) is 31.2 Å². The summed E-state index contributed by atoms with van der Waals surface area (Å²) in [5, 5.41) is 0. The largest absolute Gasteiger partial charge is 0.461 e. The van der Waals surface area contributed by atoms with Gasteiger partial charge >= 0.3 is 5.97 Å². The molecule has 1 aromatic rings. The molecule has 0 unspecified atom stereocenters. The molecule has 0 aromatic heterocycles. The number of carbonyl (C=O) groups excluding carboxylic acids is 1. The number of ether oxygens (including phenoxy) is 1. The molecule has 1 atom stereocenters. The molecule has 0 spiro atoms. The predicted octanol–water partition coefficient (Wildman–Crippen LogP) is 2.04. The van der Waals surface area contributed by atoms with E-state index in [9.17, 15) is 4.79 Å². The predicted molar refractivity (Wildman–Crippen MR) is 66.5 cm³/mol. The summed E-state index contributed by atoms with van der Waals surface area (Å²) in [5.41, 5.74) is 6.93. The fourth-order valence-corrected chi connectivity index (χ4v) is 2.21. The Morgan fingerprint density at radius 3 is 2.59 bits per heavy atom. The first-order chi connectivity index (χ1) is 8.25. The minimum Gasteiger partial charge on any atom is -0.461 e. The third-order valence-electron chi connectivity index (χ3n) is 3.19. The molecule has 2 N–H and O–H groups in total. The molecule has 1 aliphatic carbocycles. The van der Waals surface area contributed by atoms with Gasteiger partial charge < -0.3 is 10.5 Å². The van der Waals surface area contributed by atoms with Gasteiger partial charge in [0.1, 0.15) is 12.1 Å². The van der Waals surface area contributed by atoms with Crippen LogP contribution in [0.5, 0.6) is 0 Å². The van der Waals surface area contributed by atoms with Gasteiger partial charge in [-0.1, -0.05) is 30.3 Å². The van der Waals surface area contributed by atoms with Crippen molar-refractivity contribution in [3.63, 3.8) is 0 Å². The van der Waals surface area contributed by atoms with Crippen molar-refractivity contribution in [3.05, 3.63) is 35.9 Å². The van der Waals surface area contributed by atoms with Gasteiger partial charge in [-0.05, 0) is 37.7 Å². The summed E-state index contributed by atoms with van der Waals surface area (Å²) >= 11 is 0. The fraction of sp³-hybridized carbons (Fsp3) is 0.500. The van der Waals surface area contributed by atoms with Crippen LogP contribution in [0.15, 0.2) is 30.3 Å². The zero-order valence-corrected chi connectivity index (χ0v) is 9.97. The van der Waals surface area contributed by atoms with Crippen LogP contribution < -0.4 is 5.73 Å². The van der Waals surface area contributed by atoms with Gasteiger partial charge in [0.25, 0.3) is 0 Å². The van der Waals surface area contributed by atoms with Gasteiger partial charge in [-0.15, -0.1) is 0 Å². The summed E-state index contributed by atoms with van der Waals surface area (Å²) in [6.45, 7) is 0. The van der Waals surface area contributed by atoms with Crippen molar-refractivity contribution in [3.8, 4) is 0 Å². The average Bonchev–Trinajstić information content (AvgIpc) is 2.83. The SMILES string of the molecule is N[C@@H](Cc1ccccc1)C(=O)OC1CCCC1. The minimum atomic E-state index is -0.544. The Balaban J connectivity index is 1.82. The molecule has 3 nitrogen and oxygen atoms in total. The third kappa shape index (κ3) is 3.56. The number of nitrogens with two attached hydrogens (primary N) is 1. The third-order valence-corrected chi connectivity index (χ3v) is 3.19. The molecular formula is C14H19NO2. The summed E-state index contributed by atoms with van der Waals surface area (Å²) in [5.74, 6) is -0.263. The van der Waals surface area contributed by atoms with E-state index < -0.39 is 6.04 Å². The second-order valence-corrected chi connectivity index (χ2v) is 4.64. The standard InChI is InChI=1S/C14H19NO2/c15-13(10-11-6-2-1-3-7-11)14(16)17-12-8-4-5-9-12/h1-3,6-7,12-13H,4-5,8-10,15H2/t13-/m0/s1. The Labute approximate surface area is 102 Å². The van der Waals surface area contributed by atoms with Gasteiger partial charge in [0, 0.05) is 0 Å². The van der Waals surface area contributed by atoms with Crippen LogP contribution in [0, 0.1) is 0 Å². The van der Waals surface area contributed by atoms with Crippen LogP contribution in [0.3, 0.4) is 0 Å². The van der Waals surface area contributed by atoms with Crippen LogP contribution >= 0.6 is 0 Å². The highest BCUT2D eigenvalue weighted by molar-refractivity contribution is 5.76. The maximum Gasteiger partial charge on any atom is 0.323 e. The molecule has 0 aliphatic heterocycles. The van der Waals surface area contributed by atoms with Crippen LogP contribution in [0.4, 0.5) is 0 Å². The van der Waals surface area contributed by atoms with Gasteiger partial charge in [0.2, 0.25) is 0 Å². The zero-order chi connectivity index (χ0) is 12.1. The number of hydrogen-bond donors (Lipinski definition) is 1. The van der Waals surface area contributed by atoms with Gasteiger partial charge in [-0.25, -0.2) is 0 Å². The lowest BCUT2D eigenvalue weighted by Crippen LogP contribution is -2.36. The molecule has 1 saturated carbocycles. The van der Waals surface area contributed by atoms with Crippen molar-refractivity contribution in [1.29, 1.82) is 0 Å². The molecule has 0 amide bonds. The van der Waals surface area contributed by atoms with Crippen LogP contribution in [0.1, 0.15) is 31.2 Å². The summed E-state index contributed by atoms with van der Waals surface area (Å²) in [6.07, 6.45) is 4.95. The monoisotopic (exact) mass is 233 g/mol. The van der Waals surface area contributed by atoms with Crippen molar-refractivity contribution in [2.75, 3.05) is 0 Å². The van der Waals surface area contributed by atoms with Crippen molar-refractivity contribution >= 4 is 5.97 Å². The van der Waals surface area contributed by atoms with Gasteiger partial charge in [-0.3, -0.25) is 4.79 Å². The average molecular weight is 233 g/mol. The van der Waals surface area contributed by atoms with Gasteiger partial charge in [-0.2, -0.15) is 0 Å². The van der Waals surface area contributed by atoms with Crippen LogP contribution in [0.2, 0.25) is 0 Å². The summed E-state index contributed by atoms with van der Waals surface area (Å²) in [4.78, 5) is 11.8. The molecule has 0 bridgehead atoms. The first-order valence-corrected chi connectivity index (χ1v) is 6.25. The number of esters is 1. The molecule has 2 rings (SSSR count). The molecule has 0 saturated heterocycles. The van der Waals surface area contributed by atoms with Crippen LogP contribution in [-0.2, 0) is 16.0 Å². The van der Waals surface area contributed by atoms with E-state index in [4.69, 9.17) is 10.5 Å². The minimum absolute atomic E-state index is 0.101. The first-order valence-electron chi connectivity index (χ1n) is 6.25. The van der Waals surface area contributed by atoms with E-state index in [-0.39, 0.29) is 12.1 Å². The van der Waals surface area contributed by atoms with Gasteiger partial charge in [0.15, 0.2) is 0 Å². The molecule has 0 radical (unpaired) electrons. The molecule has 17 heavy (non-hydrogen) atoms. The van der Waals surface area contributed by atoms with Gasteiger partial charge in [0.05, 0.1) is 0 Å². The Bertz CT molecular complexity index is 358. The smallest absolute Gasteiger partial charge is 0.323 e. The summed E-state index contributed by atoms with van der Waals surface area (Å²) in [7, 11) is 0. The molecule has 1 aliphatic rings. The Morgan fingerprint density at radius 2 is 1.94 bits per heavy atom. The van der Waals surface area contributed by atoms with Crippen LogP contribution in [-0.4, -0.2) is 18.1 Å². The van der Waals surface area contributed by atoms with E-state index in [1.807, 2.05) is 30.3 Å². The molecular weight excluding hydrogens is 214 g/mol. The maximum atomic E-state index is 11.8. The topological polar surface area (TPSA) is 52.3 Å². The van der Waals surface area contributed by atoms with E-state index >= 15 is 0 Å². The van der Waals surface area contributed by atoms with Crippen molar-refractivity contribution in [2.24, 2.45) is 5.73 Å². The lowest BCUT2D eigenvalue weighted by molar-refractivity contribution is -0.150. The van der Waals surface area contributed by atoms with E-state index in [0.29, 0.717) is 6.42 Å². The van der Waals surface area contributed by atoms with Crippen molar-refractivity contribution in [2.45, 2.75) is 44.2 Å². The Hall–Kier alpha value is -1.35. The number of carbonyl (C=O) groups is 1. The highest BCUT2D eigenvalue weighted by Gasteiger charge is 2.23. The molecule has 1 aromatic carbocycles. The van der Waals surface area contributed by atoms with E-state index in [1.165, 1.54) is 0 Å². The van der Waals surface area contributed by atoms with E-state index in [1.54, 1.807) is 0 Å². The highest BCUT2D eigenvalue weighted by Crippen LogP contribution is 2.21. The second kappa shape index (κ2) is 5.82. The lowest BCUT2D eigenvalue weighted by atomic mass is 10.1. The molecule has 1 fully saturated rings. The van der Waals surface area contributed by atoms with E-state index in [2.05, 4.69) is 0 Å². The van der Waals surface area contributed by atoms with Crippen molar-refractivity contribution in [1.82, 2.24) is 0 Å². The fourth-order valence-electron chi connectivity index (χ4n) is 2.21. The first kappa shape index (κ1) is 12.1. The Morgan fingerprint density at radius 1 is 1.29 bits per heavy atom.